The van der Waals surface area contributed by atoms with Gasteiger partial charge in [-0.3, -0.25) is 0 Å². The van der Waals surface area contributed by atoms with Crippen LogP contribution in [0.25, 0.3) is 0 Å². The quantitative estimate of drug-likeness (QED) is 0.855. The van der Waals surface area contributed by atoms with Crippen molar-refractivity contribution in [2.24, 2.45) is 11.7 Å². The SMILES string of the molecule is CCC1CCCC(c2noc(C(C)N)n2)C1. The van der Waals surface area contributed by atoms with Crippen LogP contribution in [0.4, 0.5) is 0 Å². The Balaban J connectivity index is 2.05. The highest BCUT2D eigenvalue weighted by atomic mass is 16.5. The average molecular weight is 223 g/mol. The fraction of sp³-hybridized carbons (Fsp3) is 0.833. The summed E-state index contributed by atoms with van der Waals surface area (Å²) in [5.41, 5.74) is 5.71. The molecule has 1 fully saturated rings. The van der Waals surface area contributed by atoms with Crippen LogP contribution < -0.4 is 5.73 Å². The van der Waals surface area contributed by atoms with E-state index in [1.807, 2.05) is 6.92 Å². The minimum atomic E-state index is -0.160. The summed E-state index contributed by atoms with van der Waals surface area (Å²) in [5, 5.41) is 4.06. The highest BCUT2D eigenvalue weighted by molar-refractivity contribution is 4.99. The highest BCUT2D eigenvalue weighted by Gasteiger charge is 2.26. The number of nitrogens with two attached hydrogens (primary N) is 1. The zero-order valence-corrected chi connectivity index (χ0v) is 10.1. The van der Waals surface area contributed by atoms with Crippen LogP contribution >= 0.6 is 0 Å². The van der Waals surface area contributed by atoms with Crippen molar-refractivity contribution >= 4 is 0 Å². The molecule has 0 aromatic carbocycles. The van der Waals surface area contributed by atoms with Crippen LogP contribution in [-0.2, 0) is 0 Å². The largest absolute Gasteiger partial charge is 0.338 e. The van der Waals surface area contributed by atoms with E-state index in [9.17, 15) is 0 Å². The molecule has 1 heterocycles. The lowest BCUT2D eigenvalue weighted by Crippen LogP contribution is -2.15. The average Bonchev–Trinajstić information content (AvgIpc) is 2.78. The number of hydrogen-bond donors (Lipinski definition) is 1. The summed E-state index contributed by atoms with van der Waals surface area (Å²) >= 11 is 0. The lowest BCUT2D eigenvalue weighted by Gasteiger charge is -2.26. The minimum absolute atomic E-state index is 0.160. The minimum Gasteiger partial charge on any atom is -0.338 e. The molecular weight excluding hydrogens is 202 g/mol. The van der Waals surface area contributed by atoms with Crippen molar-refractivity contribution in [2.45, 2.75) is 57.9 Å². The van der Waals surface area contributed by atoms with E-state index in [-0.39, 0.29) is 6.04 Å². The smallest absolute Gasteiger partial charge is 0.243 e. The Bertz CT molecular complexity index is 335. The first kappa shape index (κ1) is 11.6. The normalized spacial score (nSPS) is 27.9. The second kappa shape index (κ2) is 4.95. The molecule has 0 aliphatic heterocycles. The van der Waals surface area contributed by atoms with Crippen molar-refractivity contribution in [2.75, 3.05) is 0 Å². The van der Waals surface area contributed by atoms with Gasteiger partial charge < -0.3 is 10.3 Å². The molecule has 2 N–H and O–H groups in total. The van der Waals surface area contributed by atoms with Crippen molar-refractivity contribution in [3.8, 4) is 0 Å². The second-order valence-electron chi connectivity index (χ2n) is 4.92. The third kappa shape index (κ3) is 2.43. The van der Waals surface area contributed by atoms with Crippen LogP contribution in [0.1, 0.15) is 69.6 Å². The van der Waals surface area contributed by atoms with Gasteiger partial charge in [-0.15, -0.1) is 0 Å². The van der Waals surface area contributed by atoms with Gasteiger partial charge in [0.2, 0.25) is 5.89 Å². The predicted octanol–water partition coefficient (Wildman–Crippen LogP) is 2.77. The Morgan fingerprint density at radius 2 is 2.31 bits per heavy atom. The van der Waals surface area contributed by atoms with Gasteiger partial charge in [0.25, 0.3) is 0 Å². The van der Waals surface area contributed by atoms with E-state index in [2.05, 4.69) is 17.1 Å². The highest BCUT2D eigenvalue weighted by Crippen LogP contribution is 2.36. The zero-order chi connectivity index (χ0) is 11.5. The molecule has 0 spiro atoms. The molecule has 4 nitrogen and oxygen atoms in total. The number of nitrogens with zero attached hydrogens (tertiary/aromatic N) is 2. The van der Waals surface area contributed by atoms with E-state index in [1.54, 1.807) is 0 Å². The molecule has 3 atom stereocenters. The zero-order valence-electron chi connectivity index (χ0n) is 10.1. The topological polar surface area (TPSA) is 64.9 Å². The lowest BCUT2D eigenvalue weighted by molar-refractivity contribution is 0.297. The van der Waals surface area contributed by atoms with Gasteiger partial charge in [-0.2, -0.15) is 4.98 Å². The van der Waals surface area contributed by atoms with E-state index in [4.69, 9.17) is 10.3 Å². The molecule has 1 aromatic heterocycles. The number of aromatic nitrogens is 2. The molecular formula is C12H21N3O. The fourth-order valence-electron chi connectivity index (χ4n) is 2.49. The van der Waals surface area contributed by atoms with E-state index >= 15 is 0 Å². The molecule has 0 saturated heterocycles. The van der Waals surface area contributed by atoms with Gasteiger partial charge >= 0.3 is 0 Å². The van der Waals surface area contributed by atoms with Gasteiger partial charge in [0.05, 0.1) is 6.04 Å². The standard InChI is InChI=1S/C12H21N3O/c1-3-9-5-4-6-10(7-9)11-14-12(8(2)13)16-15-11/h8-10H,3-7,13H2,1-2H3. The first-order valence-electron chi connectivity index (χ1n) is 6.29. The number of rotatable bonds is 3. The molecule has 0 radical (unpaired) electrons. The summed E-state index contributed by atoms with van der Waals surface area (Å²) in [6.07, 6.45) is 6.29. The van der Waals surface area contributed by atoms with Crippen LogP contribution in [0, 0.1) is 5.92 Å². The summed E-state index contributed by atoms with van der Waals surface area (Å²) in [6, 6.07) is -0.160. The van der Waals surface area contributed by atoms with Gasteiger partial charge in [-0.1, -0.05) is 31.3 Å². The van der Waals surface area contributed by atoms with Crippen molar-refractivity contribution in [3.05, 3.63) is 11.7 Å². The van der Waals surface area contributed by atoms with Crippen molar-refractivity contribution in [1.82, 2.24) is 10.1 Å². The van der Waals surface area contributed by atoms with Gasteiger partial charge in [-0.25, -0.2) is 0 Å². The maximum Gasteiger partial charge on any atom is 0.243 e. The van der Waals surface area contributed by atoms with Crippen LogP contribution in [-0.4, -0.2) is 10.1 Å². The molecule has 4 heteroatoms. The van der Waals surface area contributed by atoms with Gasteiger partial charge in [0, 0.05) is 5.92 Å². The molecule has 0 bridgehead atoms. The van der Waals surface area contributed by atoms with E-state index in [0.717, 1.165) is 11.7 Å². The van der Waals surface area contributed by atoms with Gasteiger partial charge in [0.15, 0.2) is 5.82 Å². The van der Waals surface area contributed by atoms with Crippen molar-refractivity contribution in [1.29, 1.82) is 0 Å². The summed E-state index contributed by atoms with van der Waals surface area (Å²) < 4.78 is 5.16. The Morgan fingerprint density at radius 3 is 2.94 bits per heavy atom. The molecule has 1 saturated carbocycles. The molecule has 2 rings (SSSR count). The third-order valence-electron chi connectivity index (χ3n) is 3.57. The Labute approximate surface area is 96.6 Å². The molecule has 90 valence electrons. The maximum absolute atomic E-state index is 5.71. The molecule has 0 amide bonds. The first-order valence-corrected chi connectivity index (χ1v) is 6.29. The van der Waals surface area contributed by atoms with Gasteiger partial charge in [0.1, 0.15) is 0 Å². The number of hydrogen-bond acceptors (Lipinski definition) is 4. The molecule has 1 aliphatic carbocycles. The van der Waals surface area contributed by atoms with E-state index < -0.39 is 0 Å². The second-order valence-corrected chi connectivity index (χ2v) is 4.92. The van der Waals surface area contributed by atoms with Gasteiger partial charge in [-0.05, 0) is 25.7 Å². The predicted molar refractivity (Wildman–Crippen MR) is 61.9 cm³/mol. The van der Waals surface area contributed by atoms with E-state index in [0.29, 0.717) is 11.8 Å². The molecule has 16 heavy (non-hydrogen) atoms. The summed E-state index contributed by atoms with van der Waals surface area (Å²) in [4.78, 5) is 4.40. The Hall–Kier alpha value is -0.900. The molecule has 1 aromatic rings. The summed E-state index contributed by atoms with van der Waals surface area (Å²) in [7, 11) is 0. The Morgan fingerprint density at radius 1 is 1.50 bits per heavy atom. The van der Waals surface area contributed by atoms with Crippen LogP contribution in [0.15, 0.2) is 4.52 Å². The lowest BCUT2D eigenvalue weighted by atomic mass is 9.80. The Kier molecular flexibility index (Phi) is 3.59. The van der Waals surface area contributed by atoms with Crippen LogP contribution in [0.2, 0.25) is 0 Å². The summed E-state index contributed by atoms with van der Waals surface area (Å²) in [6.45, 7) is 4.13. The van der Waals surface area contributed by atoms with Crippen LogP contribution in [0.5, 0.6) is 0 Å². The third-order valence-corrected chi connectivity index (χ3v) is 3.57. The first-order chi connectivity index (χ1) is 7.70. The fourth-order valence-corrected chi connectivity index (χ4v) is 2.49. The summed E-state index contributed by atoms with van der Waals surface area (Å²) in [5.74, 6) is 2.74. The van der Waals surface area contributed by atoms with E-state index in [1.165, 1.54) is 32.1 Å². The molecule has 3 unspecified atom stereocenters. The maximum atomic E-state index is 5.71. The van der Waals surface area contributed by atoms with Crippen molar-refractivity contribution in [3.63, 3.8) is 0 Å². The molecule has 1 aliphatic rings. The monoisotopic (exact) mass is 223 g/mol. The van der Waals surface area contributed by atoms with Crippen LogP contribution in [0.3, 0.4) is 0 Å². The van der Waals surface area contributed by atoms with Crippen molar-refractivity contribution < 1.29 is 4.52 Å².